The lowest BCUT2D eigenvalue weighted by Gasteiger charge is -2.28. The van der Waals surface area contributed by atoms with Gasteiger partial charge in [0, 0.05) is 16.4 Å². The number of furan rings is 1. The Morgan fingerprint density at radius 3 is 2.39 bits per heavy atom. The van der Waals surface area contributed by atoms with E-state index >= 15 is 0 Å². The lowest BCUT2D eigenvalue weighted by molar-refractivity contribution is -0.130. The number of nitrogens with zero attached hydrogens (tertiary/aromatic N) is 1. The highest BCUT2D eigenvalue weighted by atomic mass is 79.9. The van der Waals surface area contributed by atoms with Gasteiger partial charge < -0.3 is 14.4 Å². The van der Waals surface area contributed by atoms with Crippen LogP contribution < -0.4 is 0 Å². The number of aliphatic hydroxyl groups is 1. The molecule has 5 nitrogen and oxygen atoms in total. The summed E-state index contributed by atoms with van der Waals surface area (Å²) in [6.07, 6.45) is 0. The number of carbonyl (C=O) groups is 2. The van der Waals surface area contributed by atoms with Crippen LogP contribution in [0.15, 0.2) is 87.0 Å². The number of hydrogen-bond donors (Lipinski definition) is 1. The number of halogens is 1. The molecule has 1 aliphatic heterocycles. The fraction of sp³-hybridized carbons (Fsp3) is 0.250. The van der Waals surface area contributed by atoms with Crippen LogP contribution in [0.25, 0.3) is 11.0 Å². The van der Waals surface area contributed by atoms with Crippen molar-refractivity contribution in [3.05, 3.63) is 116 Å². The van der Waals surface area contributed by atoms with Crippen LogP contribution in [0.5, 0.6) is 0 Å². The minimum atomic E-state index is -0.760. The molecule has 0 saturated carbocycles. The number of aryl methyl sites for hydroxylation is 2. The Labute approximate surface area is 230 Å². The largest absolute Gasteiger partial charge is 0.503 e. The van der Waals surface area contributed by atoms with Gasteiger partial charge in [0.1, 0.15) is 5.58 Å². The first-order chi connectivity index (χ1) is 17.9. The highest BCUT2D eigenvalue weighted by Gasteiger charge is 2.44. The third-order valence-electron chi connectivity index (χ3n) is 7.19. The van der Waals surface area contributed by atoms with Gasteiger partial charge >= 0.3 is 0 Å². The first kappa shape index (κ1) is 26.0. The maximum Gasteiger partial charge on any atom is 0.290 e. The molecular weight excluding hydrogens is 542 g/mol. The van der Waals surface area contributed by atoms with Crippen LogP contribution >= 0.6 is 15.9 Å². The van der Waals surface area contributed by atoms with E-state index in [1.165, 1.54) is 0 Å². The maximum atomic E-state index is 13.9. The lowest BCUT2D eigenvalue weighted by atomic mass is 9.85. The predicted molar refractivity (Wildman–Crippen MR) is 152 cm³/mol. The molecule has 2 heterocycles. The second-order valence-corrected chi connectivity index (χ2v) is 11.9. The van der Waals surface area contributed by atoms with E-state index in [0.29, 0.717) is 5.58 Å². The van der Waals surface area contributed by atoms with Gasteiger partial charge in [-0.05, 0) is 65.8 Å². The number of benzene rings is 3. The van der Waals surface area contributed by atoms with Crippen molar-refractivity contribution in [2.75, 3.05) is 0 Å². The molecule has 194 valence electrons. The summed E-state index contributed by atoms with van der Waals surface area (Å²) in [5.41, 5.74) is 5.49. The molecule has 5 rings (SSSR count). The number of Topliss-reactive ketones (excluding diaryl/α,β-unsaturated/α-hetero) is 1. The summed E-state index contributed by atoms with van der Waals surface area (Å²) >= 11 is 3.45. The summed E-state index contributed by atoms with van der Waals surface area (Å²) in [4.78, 5) is 29.0. The number of fused-ring (bicyclic) bond motifs is 1. The average Bonchev–Trinajstić information content (AvgIpc) is 3.39. The van der Waals surface area contributed by atoms with Gasteiger partial charge in [-0.1, -0.05) is 84.7 Å². The SMILES string of the molecule is Cc1ccc(C)c(CN2C(=O)C(O)=C(C(=O)c3cc4cc(Br)ccc4o3)C2c2ccc(C(C)(C)C)cc2)c1. The van der Waals surface area contributed by atoms with Crippen molar-refractivity contribution in [2.24, 2.45) is 0 Å². The number of aliphatic hydroxyl groups excluding tert-OH is 1. The zero-order valence-electron chi connectivity index (χ0n) is 22.1. The number of hydrogen-bond acceptors (Lipinski definition) is 4. The number of carbonyl (C=O) groups excluding carboxylic acids is 2. The topological polar surface area (TPSA) is 70.8 Å². The van der Waals surface area contributed by atoms with Gasteiger partial charge in [0.05, 0.1) is 11.6 Å². The van der Waals surface area contributed by atoms with Gasteiger partial charge in [0.25, 0.3) is 5.91 Å². The first-order valence-electron chi connectivity index (χ1n) is 12.6. The Kier molecular flexibility index (Phi) is 6.56. The Balaban J connectivity index is 1.61. The third kappa shape index (κ3) is 4.69. The first-order valence-corrected chi connectivity index (χ1v) is 13.4. The van der Waals surface area contributed by atoms with E-state index in [4.69, 9.17) is 4.42 Å². The van der Waals surface area contributed by atoms with E-state index in [2.05, 4.69) is 36.7 Å². The summed E-state index contributed by atoms with van der Waals surface area (Å²) in [5.74, 6) is -1.53. The maximum absolute atomic E-state index is 13.9. The highest BCUT2D eigenvalue weighted by Crippen LogP contribution is 2.41. The second-order valence-electron chi connectivity index (χ2n) is 11.0. The highest BCUT2D eigenvalue weighted by molar-refractivity contribution is 9.10. The van der Waals surface area contributed by atoms with E-state index in [1.807, 2.05) is 68.4 Å². The zero-order chi connectivity index (χ0) is 27.4. The number of amides is 1. The minimum absolute atomic E-state index is 0.0296. The molecule has 0 bridgehead atoms. The molecule has 0 saturated heterocycles. The zero-order valence-corrected chi connectivity index (χ0v) is 23.7. The summed E-state index contributed by atoms with van der Waals surface area (Å²) in [6, 6.07) is 20.4. The number of rotatable bonds is 5. The van der Waals surface area contributed by atoms with Crippen LogP contribution in [0.2, 0.25) is 0 Å². The van der Waals surface area contributed by atoms with Crippen LogP contribution in [0, 0.1) is 13.8 Å². The van der Waals surface area contributed by atoms with Crippen molar-refractivity contribution in [2.45, 2.75) is 52.6 Å². The average molecular weight is 572 g/mol. The van der Waals surface area contributed by atoms with Crippen LogP contribution in [0.1, 0.15) is 65.2 Å². The van der Waals surface area contributed by atoms with Gasteiger partial charge in [-0.25, -0.2) is 0 Å². The molecule has 0 aliphatic carbocycles. The Morgan fingerprint density at radius 1 is 1.00 bits per heavy atom. The second kappa shape index (κ2) is 9.59. The smallest absolute Gasteiger partial charge is 0.290 e. The molecule has 6 heteroatoms. The lowest BCUT2D eigenvalue weighted by Crippen LogP contribution is -2.31. The summed E-state index contributed by atoms with van der Waals surface area (Å²) in [7, 11) is 0. The van der Waals surface area contributed by atoms with Crippen LogP contribution in [0.3, 0.4) is 0 Å². The predicted octanol–water partition coefficient (Wildman–Crippen LogP) is 7.89. The molecule has 0 fully saturated rings. The van der Waals surface area contributed by atoms with Gasteiger partial charge in [0.2, 0.25) is 5.78 Å². The Morgan fingerprint density at radius 2 is 1.71 bits per heavy atom. The number of ketones is 1. The third-order valence-corrected chi connectivity index (χ3v) is 7.68. The molecule has 1 amide bonds. The van der Waals surface area contributed by atoms with Crippen molar-refractivity contribution >= 4 is 38.6 Å². The van der Waals surface area contributed by atoms with E-state index in [-0.39, 0.29) is 23.3 Å². The van der Waals surface area contributed by atoms with Gasteiger partial charge in [-0.15, -0.1) is 0 Å². The van der Waals surface area contributed by atoms with E-state index in [0.717, 1.165) is 37.7 Å². The van der Waals surface area contributed by atoms with E-state index in [9.17, 15) is 14.7 Å². The molecule has 4 aromatic rings. The van der Waals surface area contributed by atoms with Crippen molar-refractivity contribution in [1.82, 2.24) is 4.90 Å². The standard InChI is InChI=1S/C32H30BrNO4/c1-18-6-7-19(2)22(14-18)17-34-28(20-8-10-23(11-9-20)32(3,4)5)27(30(36)31(34)37)29(35)26-16-21-15-24(33)12-13-25(21)38-26/h6-16,28,36H,17H2,1-5H3. The van der Waals surface area contributed by atoms with E-state index < -0.39 is 23.5 Å². The Bertz CT molecular complexity index is 1600. The molecule has 1 unspecified atom stereocenters. The summed E-state index contributed by atoms with van der Waals surface area (Å²) < 4.78 is 6.73. The van der Waals surface area contributed by atoms with Gasteiger partial charge in [0.15, 0.2) is 11.5 Å². The van der Waals surface area contributed by atoms with E-state index in [1.54, 1.807) is 17.0 Å². The quantitative estimate of drug-likeness (QED) is 0.247. The van der Waals surface area contributed by atoms with Crippen molar-refractivity contribution in [1.29, 1.82) is 0 Å². The molecule has 38 heavy (non-hydrogen) atoms. The molecule has 0 spiro atoms. The Hall–Kier alpha value is -3.64. The van der Waals surface area contributed by atoms with Crippen LogP contribution in [-0.2, 0) is 16.8 Å². The normalized spacial score (nSPS) is 16.1. The van der Waals surface area contributed by atoms with Crippen molar-refractivity contribution in [3.63, 3.8) is 0 Å². The fourth-order valence-electron chi connectivity index (χ4n) is 4.97. The molecule has 1 aromatic heterocycles. The minimum Gasteiger partial charge on any atom is -0.503 e. The van der Waals surface area contributed by atoms with Crippen molar-refractivity contribution in [3.8, 4) is 0 Å². The van der Waals surface area contributed by atoms with Gasteiger partial charge in [-0.2, -0.15) is 0 Å². The summed E-state index contributed by atoms with van der Waals surface area (Å²) in [5, 5.41) is 11.9. The molecular formula is C32H30BrNO4. The van der Waals surface area contributed by atoms with Crippen molar-refractivity contribution < 1.29 is 19.1 Å². The fourth-order valence-corrected chi connectivity index (χ4v) is 5.35. The van der Waals surface area contributed by atoms with Crippen LogP contribution in [0.4, 0.5) is 0 Å². The van der Waals surface area contributed by atoms with Crippen LogP contribution in [-0.4, -0.2) is 21.7 Å². The molecule has 1 aliphatic rings. The molecule has 1 atom stereocenters. The molecule has 0 radical (unpaired) electrons. The molecule has 1 N–H and O–H groups in total. The summed E-state index contributed by atoms with van der Waals surface area (Å²) in [6.45, 7) is 10.7. The monoisotopic (exact) mass is 571 g/mol. The molecule has 3 aromatic carbocycles. The van der Waals surface area contributed by atoms with Gasteiger partial charge in [-0.3, -0.25) is 9.59 Å².